The molecule has 146 valence electrons. The Labute approximate surface area is 155 Å². The van der Waals surface area contributed by atoms with Crippen LogP contribution >= 0.6 is 0 Å². The zero-order chi connectivity index (χ0) is 20.2. The number of hydrogen-bond acceptors (Lipinski definition) is 3. The molecule has 0 aliphatic heterocycles. The molecule has 27 heavy (non-hydrogen) atoms. The van der Waals surface area contributed by atoms with E-state index in [9.17, 15) is 26.4 Å². The summed E-state index contributed by atoms with van der Waals surface area (Å²) < 4.78 is 63.4. The molecule has 5 nitrogen and oxygen atoms in total. The van der Waals surface area contributed by atoms with Gasteiger partial charge in [-0.2, -0.15) is 13.2 Å². The van der Waals surface area contributed by atoms with E-state index >= 15 is 0 Å². The van der Waals surface area contributed by atoms with Gasteiger partial charge in [0.25, 0.3) is 0 Å². The number of amides is 1. The van der Waals surface area contributed by atoms with Crippen LogP contribution in [0.5, 0.6) is 0 Å². The van der Waals surface area contributed by atoms with Crippen molar-refractivity contribution >= 4 is 21.6 Å². The minimum atomic E-state index is -4.62. The number of nitrogens with zero attached hydrogens (tertiary/aromatic N) is 1. The molecule has 0 aromatic heterocycles. The number of rotatable bonds is 6. The van der Waals surface area contributed by atoms with Gasteiger partial charge in [-0.25, -0.2) is 8.42 Å². The number of aryl methyl sites for hydroxylation is 1. The van der Waals surface area contributed by atoms with Crippen molar-refractivity contribution in [3.05, 3.63) is 65.2 Å². The van der Waals surface area contributed by atoms with Crippen molar-refractivity contribution < 1.29 is 26.4 Å². The van der Waals surface area contributed by atoms with Crippen molar-refractivity contribution in [2.75, 3.05) is 17.1 Å². The maximum Gasteiger partial charge on any atom is 0.416 e. The molecule has 0 bridgehead atoms. The van der Waals surface area contributed by atoms with Crippen molar-refractivity contribution in [1.29, 1.82) is 0 Å². The fourth-order valence-electron chi connectivity index (χ4n) is 2.43. The normalized spacial score (nSPS) is 11.9. The summed E-state index contributed by atoms with van der Waals surface area (Å²) >= 11 is 0. The van der Waals surface area contributed by atoms with Crippen molar-refractivity contribution in [3.63, 3.8) is 0 Å². The van der Waals surface area contributed by atoms with Crippen LogP contribution in [0.4, 0.5) is 18.9 Å². The molecule has 2 aromatic carbocycles. The zero-order valence-electron chi connectivity index (χ0n) is 14.7. The summed E-state index contributed by atoms with van der Waals surface area (Å²) in [5.74, 6) is -0.624. The molecule has 0 unspecified atom stereocenters. The third-order valence-electron chi connectivity index (χ3n) is 3.89. The highest BCUT2D eigenvalue weighted by Crippen LogP contribution is 2.32. The van der Waals surface area contributed by atoms with Gasteiger partial charge in [-0.1, -0.05) is 30.3 Å². The van der Waals surface area contributed by atoms with Gasteiger partial charge in [0.05, 0.1) is 17.5 Å². The summed E-state index contributed by atoms with van der Waals surface area (Å²) in [4.78, 5) is 12.2. The largest absolute Gasteiger partial charge is 0.416 e. The third kappa shape index (κ3) is 5.72. The first-order valence-electron chi connectivity index (χ1n) is 7.94. The van der Waals surface area contributed by atoms with Crippen LogP contribution in [0.1, 0.15) is 16.7 Å². The van der Waals surface area contributed by atoms with E-state index in [-0.39, 0.29) is 12.2 Å². The quantitative estimate of drug-likeness (QED) is 0.810. The van der Waals surface area contributed by atoms with Gasteiger partial charge in [-0.15, -0.1) is 0 Å². The Morgan fingerprint density at radius 2 is 1.78 bits per heavy atom. The molecule has 0 aliphatic rings. The molecule has 0 radical (unpaired) electrons. The maximum atomic E-state index is 12.9. The molecular weight excluding hydrogens is 381 g/mol. The van der Waals surface area contributed by atoms with Gasteiger partial charge in [0, 0.05) is 6.54 Å². The third-order valence-corrected chi connectivity index (χ3v) is 5.03. The maximum absolute atomic E-state index is 12.9. The molecule has 2 aromatic rings. The van der Waals surface area contributed by atoms with Crippen LogP contribution in [-0.2, 0) is 27.5 Å². The first-order chi connectivity index (χ1) is 12.5. The minimum absolute atomic E-state index is 0.186. The Hall–Kier alpha value is -2.55. The fraction of sp³-hybridized carbons (Fsp3) is 0.278. The Morgan fingerprint density at radius 1 is 1.11 bits per heavy atom. The zero-order valence-corrected chi connectivity index (χ0v) is 15.6. The molecular formula is C18H19F3N2O3S. The molecule has 0 saturated carbocycles. The summed E-state index contributed by atoms with van der Waals surface area (Å²) in [5, 5.41) is 2.59. The highest BCUT2D eigenvalue weighted by molar-refractivity contribution is 7.92. The average molecular weight is 400 g/mol. The minimum Gasteiger partial charge on any atom is -0.350 e. The molecule has 9 heteroatoms. The van der Waals surface area contributed by atoms with Gasteiger partial charge in [0.1, 0.15) is 6.54 Å². The standard InChI is InChI=1S/C18H19F3N2O3S/c1-13-6-3-4-7-14(13)11-22-17(24)12-23(27(2,25)26)16-9-5-8-15(10-16)18(19,20)21/h3-10H,11-12H2,1-2H3,(H,22,24). The first kappa shape index (κ1) is 20.8. The van der Waals surface area contributed by atoms with Crippen LogP contribution in [-0.4, -0.2) is 27.1 Å². The number of sulfonamides is 1. The summed E-state index contributed by atoms with van der Waals surface area (Å²) in [6.07, 6.45) is -3.78. The van der Waals surface area contributed by atoms with Gasteiger partial charge in [0.15, 0.2) is 0 Å². The second kappa shape index (κ2) is 7.99. The van der Waals surface area contributed by atoms with E-state index in [4.69, 9.17) is 0 Å². The van der Waals surface area contributed by atoms with Crippen LogP contribution in [0.2, 0.25) is 0 Å². The van der Waals surface area contributed by atoms with Gasteiger partial charge in [-0.3, -0.25) is 9.10 Å². The average Bonchev–Trinajstić information content (AvgIpc) is 2.57. The number of carbonyl (C=O) groups is 1. The molecule has 0 saturated heterocycles. The number of nitrogens with one attached hydrogen (secondary N) is 1. The van der Waals surface area contributed by atoms with Crippen LogP contribution in [0.15, 0.2) is 48.5 Å². The first-order valence-corrected chi connectivity index (χ1v) is 9.79. The van der Waals surface area contributed by atoms with Gasteiger partial charge < -0.3 is 5.32 Å². The monoisotopic (exact) mass is 400 g/mol. The SMILES string of the molecule is Cc1ccccc1CNC(=O)CN(c1cccc(C(F)(F)F)c1)S(C)(=O)=O. The molecule has 1 N–H and O–H groups in total. The summed E-state index contributed by atoms with van der Waals surface area (Å²) in [6, 6.07) is 11.2. The predicted octanol–water partition coefficient (Wildman–Crippen LogP) is 3.10. The van der Waals surface area contributed by atoms with E-state index in [0.717, 1.165) is 29.5 Å². The van der Waals surface area contributed by atoms with Gasteiger partial charge in [0.2, 0.25) is 15.9 Å². The Morgan fingerprint density at radius 3 is 2.37 bits per heavy atom. The smallest absolute Gasteiger partial charge is 0.350 e. The van der Waals surface area contributed by atoms with E-state index in [0.29, 0.717) is 10.4 Å². The predicted molar refractivity (Wildman–Crippen MR) is 96.7 cm³/mol. The van der Waals surface area contributed by atoms with E-state index in [2.05, 4.69) is 5.32 Å². The van der Waals surface area contributed by atoms with E-state index in [1.165, 1.54) is 6.07 Å². The van der Waals surface area contributed by atoms with Crippen LogP contribution in [0.25, 0.3) is 0 Å². The molecule has 2 rings (SSSR count). The molecule has 0 fully saturated rings. The number of halogens is 3. The summed E-state index contributed by atoms with van der Waals surface area (Å²) in [7, 11) is -3.96. The number of anilines is 1. The van der Waals surface area contributed by atoms with E-state index in [1.807, 2.05) is 25.1 Å². The Balaban J connectivity index is 2.18. The number of hydrogen-bond donors (Lipinski definition) is 1. The molecule has 0 aliphatic carbocycles. The van der Waals surface area contributed by atoms with Crippen molar-refractivity contribution in [3.8, 4) is 0 Å². The highest BCUT2D eigenvalue weighted by atomic mass is 32.2. The molecule has 0 heterocycles. The highest BCUT2D eigenvalue weighted by Gasteiger charge is 2.31. The fourth-order valence-corrected chi connectivity index (χ4v) is 3.27. The van der Waals surface area contributed by atoms with Gasteiger partial charge >= 0.3 is 6.18 Å². The lowest BCUT2D eigenvalue weighted by atomic mass is 10.1. The van der Waals surface area contributed by atoms with Crippen molar-refractivity contribution in [1.82, 2.24) is 5.32 Å². The second-order valence-electron chi connectivity index (χ2n) is 6.02. The Bertz CT molecular complexity index is 927. The van der Waals surface area contributed by atoms with Gasteiger partial charge in [-0.05, 0) is 36.2 Å². The Kier molecular flexibility index (Phi) is 6.15. The molecule has 1 amide bonds. The molecule has 0 atom stereocenters. The lowest BCUT2D eigenvalue weighted by Gasteiger charge is -2.23. The molecule has 0 spiro atoms. The number of carbonyl (C=O) groups excluding carboxylic acids is 1. The van der Waals surface area contributed by atoms with E-state index in [1.54, 1.807) is 6.07 Å². The lowest BCUT2D eigenvalue weighted by Crippen LogP contribution is -2.40. The van der Waals surface area contributed by atoms with Crippen LogP contribution in [0, 0.1) is 6.92 Å². The second-order valence-corrected chi connectivity index (χ2v) is 7.93. The lowest BCUT2D eigenvalue weighted by molar-refractivity contribution is -0.137. The number of alkyl halides is 3. The van der Waals surface area contributed by atoms with E-state index < -0.39 is 34.2 Å². The van der Waals surface area contributed by atoms with Crippen molar-refractivity contribution in [2.24, 2.45) is 0 Å². The van der Waals surface area contributed by atoms with Crippen LogP contribution < -0.4 is 9.62 Å². The van der Waals surface area contributed by atoms with Crippen LogP contribution in [0.3, 0.4) is 0 Å². The number of benzene rings is 2. The van der Waals surface area contributed by atoms with Crippen molar-refractivity contribution in [2.45, 2.75) is 19.6 Å². The summed E-state index contributed by atoms with van der Waals surface area (Å²) in [6.45, 7) is 1.44. The topological polar surface area (TPSA) is 66.5 Å². The summed E-state index contributed by atoms with van der Waals surface area (Å²) in [5.41, 5.74) is 0.596.